The number of amides is 1. The largest absolute Gasteiger partial charge is 0.493 e. The van der Waals surface area contributed by atoms with E-state index in [1.54, 1.807) is 6.20 Å². The van der Waals surface area contributed by atoms with Gasteiger partial charge in [0.15, 0.2) is 0 Å². The van der Waals surface area contributed by atoms with E-state index in [1.807, 2.05) is 72.8 Å². The zero-order chi connectivity index (χ0) is 24.5. The number of fused-ring (bicyclic) bond motifs is 2. The fourth-order valence-corrected chi connectivity index (χ4v) is 4.51. The maximum absolute atomic E-state index is 12.8. The smallest absolute Gasteiger partial charge is 0.251 e. The molecule has 1 amide bonds. The second-order valence-corrected chi connectivity index (χ2v) is 8.86. The molecule has 3 aromatic carbocycles. The van der Waals surface area contributed by atoms with Crippen molar-refractivity contribution in [1.29, 1.82) is 0 Å². The van der Waals surface area contributed by atoms with Crippen LogP contribution in [0.5, 0.6) is 5.75 Å². The predicted octanol–water partition coefficient (Wildman–Crippen LogP) is 4.25. The highest BCUT2D eigenvalue weighted by atomic mass is 16.5. The normalized spacial score (nSPS) is 14.7. The van der Waals surface area contributed by atoms with Crippen LogP contribution in [0.1, 0.15) is 33.2 Å². The molecule has 0 fully saturated rings. The van der Waals surface area contributed by atoms with Crippen LogP contribution in [0.4, 0.5) is 5.95 Å². The number of carbonyl (C=O) groups is 1. The van der Waals surface area contributed by atoms with Crippen LogP contribution in [0.15, 0.2) is 79.0 Å². The number of imidazole rings is 1. The molecule has 178 valence electrons. The summed E-state index contributed by atoms with van der Waals surface area (Å²) in [6, 6.07) is 23.2. The number of anilines is 1. The number of ether oxygens (including phenoxy) is 1. The summed E-state index contributed by atoms with van der Waals surface area (Å²) < 4.78 is 6.03. The third-order valence-corrected chi connectivity index (χ3v) is 6.38. The summed E-state index contributed by atoms with van der Waals surface area (Å²) in [7, 11) is 0. The average Bonchev–Trinajstić information content (AvgIpc) is 3.35. The van der Waals surface area contributed by atoms with Gasteiger partial charge < -0.3 is 20.8 Å². The van der Waals surface area contributed by atoms with Gasteiger partial charge in [0.1, 0.15) is 11.6 Å². The molecule has 4 N–H and O–H groups in total. The average molecular weight is 477 g/mol. The van der Waals surface area contributed by atoms with Gasteiger partial charge in [-0.25, -0.2) is 15.0 Å². The van der Waals surface area contributed by atoms with E-state index < -0.39 is 0 Å². The van der Waals surface area contributed by atoms with Crippen LogP contribution in [-0.2, 0) is 13.0 Å². The number of rotatable bonds is 5. The number of H-pyrrole nitrogens is 1. The van der Waals surface area contributed by atoms with Crippen molar-refractivity contribution in [3.63, 3.8) is 0 Å². The quantitative estimate of drug-likeness (QED) is 0.349. The molecule has 1 aliphatic heterocycles. The van der Waals surface area contributed by atoms with Crippen LogP contribution >= 0.6 is 0 Å². The summed E-state index contributed by atoms with van der Waals surface area (Å²) in [5, 5.41) is 2.99. The molecule has 8 nitrogen and oxygen atoms in total. The fourth-order valence-electron chi connectivity index (χ4n) is 4.51. The third kappa shape index (κ3) is 4.36. The van der Waals surface area contributed by atoms with Crippen LogP contribution in [0, 0.1) is 0 Å². The van der Waals surface area contributed by atoms with Gasteiger partial charge in [0.25, 0.3) is 5.91 Å². The number of nitrogen functional groups attached to an aromatic ring is 1. The highest BCUT2D eigenvalue weighted by molar-refractivity contribution is 5.94. The van der Waals surface area contributed by atoms with E-state index in [0.29, 0.717) is 18.7 Å². The Bertz CT molecular complexity index is 1560. The van der Waals surface area contributed by atoms with Gasteiger partial charge in [-0.3, -0.25) is 4.79 Å². The van der Waals surface area contributed by atoms with Gasteiger partial charge in [-0.2, -0.15) is 0 Å². The topological polar surface area (TPSA) is 119 Å². The Morgan fingerprint density at radius 1 is 1.06 bits per heavy atom. The van der Waals surface area contributed by atoms with Crippen LogP contribution < -0.4 is 15.8 Å². The van der Waals surface area contributed by atoms with E-state index in [9.17, 15) is 4.79 Å². The van der Waals surface area contributed by atoms with Crippen molar-refractivity contribution in [2.75, 3.05) is 12.3 Å². The van der Waals surface area contributed by atoms with Gasteiger partial charge >= 0.3 is 0 Å². The highest BCUT2D eigenvalue weighted by Crippen LogP contribution is 2.33. The van der Waals surface area contributed by atoms with E-state index in [2.05, 4.69) is 20.3 Å². The van der Waals surface area contributed by atoms with E-state index in [0.717, 1.165) is 51.4 Å². The third-order valence-electron chi connectivity index (χ3n) is 6.38. The fraction of sp³-hybridized carbons (Fsp3) is 0.143. The molecular formula is C28H24N6O2. The van der Waals surface area contributed by atoms with E-state index in [-0.39, 0.29) is 17.8 Å². The second-order valence-electron chi connectivity index (χ2n) is 8.86. The molecule has 0 aliphatic carbocycles. The Balaban J connectivity index is 1.20. The van der Waals surface area contributed by atoms with Crippen molar-refractivity contribution in [2.45, 2.75) is 18.9 Å². The molecule has 0 bridgehead atoms. The van der Waals surface area contributed by atoms with Gasteiger partial charge in [0, 0.05) is 23.9 Å². The molecule has 0 spiro atoms. The first kappa shape index (κ1) is 21.8. The number of nitrogens with one attached hydrogen (secondary N) is 2. The van der Waals surface area contributed by atoms with Gasteiger partial charge in [-0.1, -0.05) is 36.4 Å². The molecule has 3 heterocycles. The SMILES string of the molecule is Nc1nccc(-c2ccc3nc(C4COc5ccc(C(=O)NCc6ccccc6)cc5C4)[nH]c3c2)n1. The molecule has 1 atom stereocenters. The molecule has 0 saturated carbocycles. The molecule has 8 heteroatoms. The molecule has 5 aromatic rings. The molecule has 0 radical (unpaired) electrons. The molecular weight excluding hydrogens is 452 g/mol. The molecule has 36 heavy (non-hydrogen) atoms. The van der Waals surface area contributed by atoms with Crippen molar-refractivity contribution < 1.29 is 9.53 Å². The van der Waals surface area contributed by atoms with Gasteiger partial charge in [-0.05, 0) is 53.9 Å². The number of aromatic nitrogens is 4. The maximum atomic E-state index is 12.8. The summed E-state index contributed by atoms with van der Waals surface area (Å²) in [6.45, 7) is 1.00. The minimum Gasteiger partial charge on any atom is -0.493 e. The number of hydrogen-bond donors (Lipinski definition) is 3. The minimum absolute atomic E-state index is 0.0469. The van der Waals surface area contributed by atoms with Crippen LogP contribution in [-0.4, -0.2) is 32.4 Å². The first-order chi connectivity index (χ1) is 17.6. The lowest BCUT2D eigenvalue weighted by molar-refractivity contribution is 0.0950. The van der Waals surface area contributed by atoms with Crippen LogP contribution in [0.2, 0.25) is 0 Å². The van der Waals surface area contributed by atoms with E-state index in [4.69, 9.17) is 15.5 Å². The Labute approximate surface area is 207 Å². The zero-order valence-corrected chi connectivity index (χ0v) is 19.4. The van der Waals surface area contributed by atoms with Gasteiger partial charge in [0.2, 0.25) is 5.95 Å². The standard InChI is InChI=1S/C28H24N6O2/c29-28-30-11-10-22(34-28)18-6-8-23-24(14-18)33-26(32-23)21-13-20-12-19(7-9-25(20)36-16-21)27(35)31-15-17-4-2-1-3-5-17/h1-12,14,21H,13,15-16H2,(H,31,35)(H,32,33)(H2,29,30,34). The Morgan fingerprint density at radius 2 is 1.94 bits per heavy atom. The number of benzene rings is 3. The summed E-state index contributed by atoms with van der Waals surface area (Å²) in [4.78, 5) is 29.3. The lowest BCUT2D eigenvalue weighted by Crippen LogP contribution is -2.24. The number of nitrogens with two attached hydrogens (primary N) is 1. The second kappa shape index (κ2) is 9.14. The number of nitrogens with zero attached hydrogens (tertiary/aromatic N) is 3. The molecule has 1 aliphatic rings. The highest BCUT2D eigenvalue weighted by Gasteiger charge is 2.25. The number of hydrogen-bond acceptors (Lipinski definition) is 6. The zero-order valence-electron chi connectivity index (χ0n) is 19.4. The number of aromatic amines is 1. The Morgan fingerprint density at radius 3 is 2.81 bits per heavy atom. The van der Waals surface area contributed by atoms with Crippen molar-refractivity contribution in [3.8, 4) is 17.0 Å². The van der Waals surface area contributed by atoms with Crippen LogP contribution in [0.3, 0.4) is 0 Å². The Hall–Kier alpha value is -4.72. The van der Waals surface area contributed by atoms with Crippen molar-refractivity contribution in [1.82, 2.24) is 25.3 Å². The monoisotopic (exact) mass is 476 g/mol. The van der Waals surface area contributed by atoms with Crippen molar-refractivity contribution >= 4 is 22.9 Å². The van der Waals surface area contributed by atoms with Gasteiger partial charge in [0.05, 0.1) is 29.3 Å². The lowest BCUT2D eigenvalue weighted by atomic mass is 9.94. The predicted molar refractivity (Wildman–Crippen MR) is 138 cm³/mol. The molecule has 2 aromatic heterocycles. The Kier molecular flexibility index (Phi) is 5.53. The first-order valence-corrected chi connectivity index (χ1v) is 11.8. The van der Waals surface area contributed by atoms with E-state index >= 15 is 0 Å². The lowest BCUT2D eigenvalue weighted by Gasteiger charge is -2.24. The summed E-state index contributed by atoms with van der Waals surface area (Å²) in [6.07, 6.45) is 2.37. The first-order valence-electron chi connectivity index (χ1n) is 11.8. The van der Waals surface area contributed by atoms with Crippen molar-refractivity contribution in [2.24, 2.45) is 0 Å². The summed E-state index contributed by atoms with van der Waals surface area (Å²) in [5.41, 5.74) is 11.9. The number of carbonyl (C=O) groups excluding carboxylic acids is 1. The van der Waals surface area contributed by atoms with Crippen LogP contribution in [0.25, 0.3) is 22.3 Å². The molecule has 1 unspecified atom stereocenters. The maximum Gasteiger partial charge on any atom is 0.251 e. The summed E-state index contributed by atoms with van der Waals surface area (Å²) in [5.74, 6) is 1.85. The minimum atomic E-state index is -0.106. The van der Waals surface area contributed by atoms with E-state index in [1.165, 1.54) is 0 Å². The summed E-state index contributed by atoms with van der Waals surface area (Å²) >= 11 is 0. The molecule has 0 saturated heterocycles. The van der Waals surface area contributed by atoms with Gasteiger partial charge in [-0.15, -0.1) is 0 Å². The molecule has 6 rings (SSSR count). The van der Waals surface area contributed by atoms with Crippen molar-refractivity contribution in [3.05, 3.63) is 102 Å².